The summed E-state index contributed by atoms with van der Waals surface area (Å²) in [5, 5.41) is 13.8. The van der Waals surface area contributed by atoms with Crippen LogP contribution in [0.3, 0.4) is 0 Å². The van der Waals surface area contributed by atoms with Crippen LogP contribution in [0.15, 0.2) is 59.1 Å². The minimum absolute atomic E-state index is 0.340. The Hall–Kier alpha value is -2.66. The van der Waals surface area contributed by atoms with E-state index in [1.54, 1.807) is 6.07 Å². The molecule has 1 atom stereocenters. The molecule has 0 radical (unpaired) electrons. The van der Waals surface area contributed by atoms with Crippen LogP contribution in [-0.4, -0.2) is 32.7 Å². The van der Waals surface area contributed by atoms with Gasteiger partial charge in [-0.05, 0) is 49.9 Å². The van der Waals surface area contributed by atoms with Crippen molar-refractivity contribution < 1.29 is 9.63 Å². The van der Waals surface area contributed by atoms with Gasteiger partial charge in [0.05, 0.1) is 6.54 Å². The Morgan fingerprint density at radius 1 is 1.07 bits per heavy atom. The summed E-state index contributed by atoms with van der Waals surface area (Å²) in [7, 11) is 0. The second-order valence-electron chi connectivity index (χ2n) is 7.21. The van der Waals surface area contributed by atoms with Crippen molar-refractivity contribution in [2.45, 2.75) is 44.7 Å². The van der Waals surface area contributed by atoms with Crippen molar-refractivity contribution in [2.24, 2.45) is 0 Å². The van der Waals surface area contributed by atoms with Crippen LogP contribution in [0.2, 0.25) is 0 Å². The van der Waals surface area contributed by atoms with Crippen LogP contribution in [-0.2, 0) is 13.0 Å². The second kappa shape index (κ2) is 8.35. The molecule has 140 valence electrons. The number of benzene rings is 2. The highest BCUT2D eigenvalue weighted by Gasteiger charge is 2.24. The van der Waals surface area contributed by atoms with Crippen molar-refractivity contribution in [3.63, 3.8) is 0 Å². The molecule has 1 fully saturated rings. The number of hydrogen-bond acceptors (Lipinski definition) is 5. The quantitative estimate of drug-likeness (QED) is 0.702. The fourth-order valence-corrected chi connectivity index (χ4v) is 3.84. The molecule has 5 heteroatoms. The lowest BCUT2D eigenvalue weighted by atomic mass is 9.96. The van der Waals surface area contributed by atoms with Gasteiger partial charge < -0.3 is 9.63 Å². The largest absolute Gasteiger partial charge is 0.508 e. The van der Waals surface area contributed by atoms with Crippen LogP contribution in [0.1, 0.15) is 37.1 Å². The van der Waals surface area contributed by atoms with Crippen molar-refractivity contribution in [3.8, 4) is 17.1 Å². The third-order valence-electron chi connectivity index (χ3n) is 5.26. The van der Waals surface area contributed by atoms with Gasteiger partial charge >= 0.3 is 0 Å². The summed E-state index contributed by atoms with van der Waals surface area (Å²) >= 11 is 0. The van der Waals surface area contributed by atoms with E-state index in [4.69, 9.17) is 4.52 Å². The van der Waals surface area contributed by atoms with E-state index in [1.165, 1.54) is 24.8 Å². The summed E-state index contributed by atoms with van der Waals surface area (Å²) in [5.41, 5.74) is 2.16. The normalized spacial score (nSPS) is 17.9. The number of piperidine rings is 1. The smallest absolute Gasteiger partial charge is 0.241 e. The molecule has 0 amide bonds. The lowest BCUT2D eigenvalue weighted by Gasteiger charge is -2.34. The molecular formula is C22H25N3O2. The van der Waals surface area contributed by atoms with Gasteiger partial charge in [0.15, 0.2) is 0 Å². The highest BCUT2D eigenvalue weighted by molar-refractivity contribution is 5.53. The zero-order valence-corrected chi connectivity index (χ0v) is 15.4. The number of hydrogen-bond donors (Lipinski definition) is 1. The molecule has 3 aromatic rings. The number of phenolic OH excluding ortho intramolecular Hbond substituents is 1. The van der Waals surface area contributed by atoms with E-state index in [0.29, 0.717) is 30.1 Å². The first-order valence-corrected chi connectivity index (χ1v) is 9.68. The number of aryl methyl sites for hydroxylation is 1. The predicted octanol–water partition coefficient (Wildman–Crippen LogP) is 4.43. The molecule has 2 aromatic carbocycles. The first kappa shape index (κ1) is 17.7. The van der Waals surface area contributed by atoms with Crippen molar-refractivity contribution in [2.75, 3.05) is 6.54 Å². The fraction of sp³-hybridized carbons (Fsp3) is 0.364. The molecule has 0 bridgehead atoms. The van der Waals surface area contributed by atoms with Crippen LogP contribution < -0.4 is 0 Å². The van der Waals surface area contributed by atoms with Crippen LogP contribution >= 0.6 is 0 Å². The highest BCUT2D eigenvalue weighted by Crippen LogP contribution is 2.24. The topological polar surface area (TPSA) is 62.4 Å². The maximum Gasteiger partial charge on any atom is 0.241 e. The summed E-state index contributed by atoms with van der Waals surface area (Å²) in [6.07, 6.45) is 5.71. The minimum Gasteiger partial charge on any atom is -0.508 e. The van der Waals surface area contributed by atoms with E-state index in [-0.39, 0.29) is 0 Å². The van der Waals surface area contributed by atoms with E-state index in [1.807, 2.05) is 42.5 Å². The zero-order valence-electron chi connectivity index (χ0n) is 15.4. The monoisotopic (exact) mass is 363 g/mol. The number of aromatic nitrogens is 2. The van der Waals surface area contributed by atoms with Gasteiger partial charge in [0.1, 0.15) is 5.75 Å². The molecule has 5 nitrogen and oxygen atoms in total. The van der Waals surface area contributed by atoms with Crippen LogP contribution in [0.5, 0.6) is 5.75 Å². The molecular weight excluding hydrogens is 338 g/mol. The molecule has 2 heterocycles. The van der Waals surface area contributed by atoms with Gasteiger partial charge in [-0.2, -0.15) is 4.98 Å². The number of likely N-dealkylation sites (tertiary alicyclic amines) is 1. The number of phenols is 1. The Morgan fingerprint density at radius 3 is 2.81 bits per heavy atom. The van der Waals surface area contributed by atoms with Gasteiger partial charge in [-0.25, -0.2) is 0 Å². The molecule has 1 aromatic heterocycles. The maximum absolute atomic E-state index is 9.66. The summed E-state index contributed by atoms with van der Waals surface area (Å²) < 4.78 is 5.51. The standard InChI is InChI=1S/C22H25N3O2/c26-20-11-6-7-17(15-20)12-13-19-10-4-5-14-25(19)16-21-23-22(24-27-21)18-8-2-1-3-9-18/h1-3,6-9,11,15,19,26H,4-5,10,12-14,16H2/t19-/m0/s1. The molecule has 1 saturated heterocycles. The molecule has 1 aliphatic heterocycles. The second-order valence-corrected chi connectivity index (χ2v) is 7.21. The summed E-state index contributed by atoms with van der Waals surface area (Å²) in [6, 6.07) is 18.0. The van der Waals surface area contributed by atoms with Gasteiger partial charge in [-0.1, -0.05) is 54.0 Å². The molecule has 27 heavy (non-hydrogen) atoms. The molecule has 4 rings (SSSR count). The predicted molar refractivity (Wildman–Crippen MR) is 104 cm³/mol. The van der Waals surface area contributed by atoms with Crippen molar-refractivity contribution >= 4 is 0 Å². The van der Waals surface area contributed by atoms with Crippen molar-refractivity contribution in [3.05, 3.63) is 66.1 Å². The van der Waals surface area contributed by atoms with Gasteiger partial charge in [0.25, 0.3) is 0 Å². The SMILES string of the molecule is Oc1cccc(CC[C@@H]2CCCCN2Cc2nc(-c3ccccc3)no2)c1. The number of nitrogens with zero attached hydrogens (tertiary/aromatic N) is 3. The van der Waals surface area contributed by atoms with Gasteiger partial charge in [-0.15, -0.1) is 0 Å². The maximum atomic E-state index is 9.66. The van der Waals surface area contributed by atoms with Crippen LogP contribution in [0.4, 0.5) is 0 Å². The summed E-state index contributed by atoms with van der Waals surface area (Å²) in [6.45, 7) is 1.76. The average molecular weight is 363 g/mol. The number of aromatic hydroxyl groups is 1. The third-order valence-corrected chi connectivity index (χ3v) is 5.26. The van der Waals surface area contributed by atoms with Crippen LogP contribution in [0, 0.1) is 0 Å². The Bertz CT molecular complexity index is 863. The third kappa shape index (κ3) is 4.55. The van der Waals surface area contributed by atoms with E-state index in [2.05, 4.69) is 21.1 Å². The highest BCUT2D eigenvalue weighted by atomic mass is 16.5. The Morgan fingerprint density at radius 2 is 1.96 bits per heavy atom. The van der Waals surface area contributed by atoms with Gasteiger partial charge in [0, 0.05) is 11.6 Å². The Balaban J connectivity index is 1.40. The molecule has 1 N–H and O–H groups in total. The molecule has 1 aliphatic rings. The van der Waals surface area contributed by atoms with Crippen molar-refractivity contribution in [1.29, 1.82) is 0 Å². The van der Waals surface area contributed by atoms with Gasteiger partial charge in [-0.3, -0.25) is 4.90 Å². The minimum atomic E-state index is 0.340. The molecule has 0 aliphatic carbocycles. The zero-order chi connectivity index (χ0) is 18.5. The Labute approximate surface area is 159 Å². The van der Waals surface area contributed by atoms with E-state index < -0.39 is 0 Å². The van der Waals surface area contributed by atoms with Crippen molar-refractivity contribution in [1.82, 2.24) is 15.0 Å². The fourth-order valence-electron chi connectivity index (χ4n) is 3.84. The van der Waals surface area contributed by atoms with E-state index in [9.17, 15) is 5.11 Å². The summed E-state index contributed by atoms with van der Waals surface area (Å²) in [5.74, 6) is 1.67. The van der Waals surface area contributed by atoms with Crippen LogP contribution in [0.25, 0.3) is 11.4 Å². The molecule has 0 saturated carbocycles. The summed E-state index contributed by atoms with van der Waals surface area (Å²) in [4.78, 5) is 7.05. The van der Waals surface area contributed by atoms with E-state index >= 15 is 0 Å². The number of rotatable bonds is 6. The Kier molecular flexibility index (Phi) is 5.49. The molecule has 0 unspecified atom stereocenters. The first-order valence-electron chi connectivity index (χ1n) is 9.68. The lowest BCUT2D eigenvalue weighted by molar-refractivity contribution is 0.117. The first-order chi connectivity index (χ1) is 13.3. The van der Waals surface area contributed by atoms with E-state index in [0.717, 1.165) is 24.9 Å². The van der Waals surface area contributed by atoms with Gasteiger partial charge in [0.2, 0.25) is 11.7 Å². The lowest BCUT2D eigenvalue weighted by Crippen LogP contribution is -2.39. The average Bonchev–Trinajstić information content (AvgIpc) is 3.17. The molecule has 0 spiro atoms.